The molecule has 0 aliphatic heterocycles. The Kier molecular flexibility index (Phi) is 2.07. The third-order valence-corrected chi connectivity index (χ3v) is 2.63. The third kappa shape index (κ3) is 1.32. The van der Waals surface area contributed by atoms with E-state index in [1.165, 1.54) is 0 Å². The molecule has 0 radical (unpaired) electrons. The summed E-state index contributed by atoms with van der Waals surface area (Å²) in [7, 11) is 0. The minimum atomic E-state index is -0.439. The summed E-state index contributed by atoms with van der Waals surface area (Å²) < 4.78 is 5.43. The van der Waals surface area contributed by atoms with E-state index in [1.807, 2.05) is 0 Å². The normalized spacial score (nSPS) is 10.7. The van der Waals surface area contributed by atoms with Crippen LogP contribution in [0, 0.1) is 6.92 Å². The number of fused-ring (bicyclic) bond motifs is 1. The summed E-state index contributed by atoms with van der Waals surface area (Å²) >= 11 is 3.09. The zero-order chi connectivity index (χ0) is 10.3. The molecule has 14 heavy (non-hydrogen) atoms. The number of hydrogen-bond donors (Lipinski definition) is 1. The molecule has 1 heterocycles. The lowest BCUT2D eigenvalue weighted by molar-refractivity contribution is 0.468. The van der Waals surface area contributed by atoms with E-state index in [4.69, 9.17) is 4.42 Å². The lowest BCUT2D eigenvalue weighted by Crippen LogP contribution is -1.99. The summed E-state index contributed by atoms with van der Waals surface area (Å²) in [4.78, 5) is 11.2. The van der Waals surface area contributed by atoms with Crippen LogP contribution in [0.3, 0.4) is 0 Å². The number of phenols is 1. The van der Waals surface area contributed by atoms with Gasteiger partial charge in [-0.1, -0.05) is 0 Å². The summed E-state index contributed by atoms with van der Waals surface area (Å²) in [6, 6.07) is 4.95. The first-order valence-corrected chi connectivity index (χ1v) is 4.81. The third-order valence-electron chi connectivity index (χ3n) is 2.08. The van der Waals surface area contributed by atoms with Gasteiger partial charge < -0.3 is 9.52 Å². The van der Waals surface area contributed by atoms with Crippen molar-refractivity contribution in [1.29, 1.82) is 0 Å². The highest BCUT2D eigenvalue weighted by molar-refractivity contribution is 9.10. The number of benzene rings is 1. The fourth-order valence-electron chi connectivity index (χ4n) is 1.29. The van der Waals surface area contributed by atoms with E-state index in [1.54, 1.807) is 25.1 Å². The van der Waals surface area contributed by atoms with E-state index >= 15 is 0 Å². The SMILES string of the molecule is Cc1c(O)ccc2cc(Br)c(=O)oc12. The summed E-state index contributed by atoms with van der Waals surface area (Å²) in [5, 5.41) is 10.2. The van der Waals surface area contributed by atoms with Gasteiger partial charge in [0.25, 0.3) is 0 Å². The van der Waals surface area contributed by atoms with E-state index in [9.17, 15) is 9.90 Å². The van der Waals surface area contributed by atoms with Crippen molar-refractivity contribution in [2.45, 2.75) is 6.92 Å². The maximum absolute atomic E-state index is 11.2. The van der Waals surface area contributed by atoms with Crippen molar-refractivity contribution in [3.8, 4) is 5.75 Å². The van der Waals surface area contributed by atoms with Gasteiger partial charge >= 0.3 is 5.63 Å². The largest absolute Gasteiger partial charge is 0.508 e. The summed E-state index contributed by atoms with van der Waals surface area (Å²) in [5.74, 6) is 0.128. The molecule has 0 spiro atoms. The van der Waals surface area contributed by atoms with Crippen molar-refractivity contribution < 1.29 is 9.52 Å². The highest BCUT2D eigenvalue weighted by Crippen LogP contribution is 2.26. The molecule has 2 rings (SSSR count). The van der Waals surface area contributed by atoms with Gasteiger partial charge in [0.2, 0.25) is 0 Å². The van der Waals surface area contributed by atoms with Gasteiger partial charge in [-0.2, -0.15) is 0 Å². The van der Waals surface area contributed by atoms with Gasteiger partial charge in [0, 0.05) is 10.9 Å². The Balaban J connectivity index is 2.97. The Labute approximate surface area is 88.1 Å². The van der Waals surface area contributed by atoms with E-state index in [2.05, 4.69) is 15.9 Å². The van der Waals surface area contributed by atoms with Crippen LogP contribution in [-0.2, 0) is 0 Å². The molecule has 0 saturated heterocycles. The molecule has 0 aliphatic carbocycles. The van der Waals surface area contributed by atoms with Crippen LogP contribution in [0.5, 0.6) is 5.75 Å². The standard InChI is InChI=1S/C10H7BrO3/c1-5-8(12)3-2-6-4-7(11)10(13)14-9(5)6/h2-4,12H,1H3. The minimum Gasteiger partial charge on any atom is -0.508 e. The zero-order valence-corrected chi connectivity index (χ0v) is 8.96. The first-order valence-electron chi connectivity index (χ1n) is 4.01. The van der Waals surface area contributed by atoms with Crippen molar-refractivity contribution >= 4 is 26.9 Å². The molecular weight excluding hydrogens is 248 g/mol. The molecule has 2 aromatic rings. The van der Waals surface area contributed by atoms with Gasteiger partial charge in [-0.3, -0.25) is 0 Å². The number of aryl methyl sites for hydroxylation is 1. The summed E-state index contributed by atoms with van der Waals surface area (Å²) in [5.41, 5.74) is 0.566. The lowest BCUT2D eigenvalue weighted by Gasteiger charge is -2.02. The predicted octanol–water partition coefficient (Wildman–Crippen LogP) is 2.57. The molecule has 0 bridgehead atoms. The van der Waals surface area contributed by atoms with Crippen LogP contribution in [0.4, 0.5) is 0 Å². The highest BCUT2D eigenvalue weighted by atomic mass is 79.9. The molecule has 1 aromatic carbocycles. The van der Waals surface area contributed by atoms with Crippen LogP contribution >= 0.6 is 15.9 Å². The molecule has 0 atom stereocenters. The topological polar surface area (TPSA) is 50.4 Å². The van der Waals surface area contributed by atoms with E-state index in [0.717, 1.165) is 5.39 Å². The summed E-state index contributed by atoms with van der Waals surface area (Å²) in [6.45, 7) is 1.70. The van der Waals surface area contributed by atoms with Gasteiger partial charge in [0.15, 0.2) is 0 Å². The second-order valence-electron chi connectivity index (χ2n) is 3.01. The van der Waals surface area contributed by atoms with Gasteiger partial charge in [0.05, 0.1) is 0 Å². The lowest BCUT2D eigenvalue weighted by atomic mass is 10.1. The van der Waals surface area contributed by atoms with Gasteiger partial charge in [0.1, 0.15) is 15.8 Å². The second-order valence-corrected chi connectivity index (χ2v) is 3.86. The molecule has 4 heteroatoms. The minimum absolute atomic E-state index is 0.128. The van der Waals surface area contributed by atoms with Gasteiger partial charge in [-0.05, 0) is 41.1 Å². The van der Waals surface area contributed by atoms with Gasteiger partial charge in [-0.25, -0.2) is 4.79 Å². The fraction of sp³-hybridized carbons (Fsp3) is 0.100. The fourth-order valence-corrected chi connectivity index (χ4v) is 1.62. The number of hydrogen-bond acceptors (Lipinski definition) is 3. The maximum Gasteiger partial charge on any atom is 0.350 e. The van der Waals surface area contributed by atoms with Crippen LogP contribution in [-0.4, -0.2) is 5.11 Å². The molecule has 3 nitrogen and oxygen atoms in total. The van der Waals surface area contributed by atoms with E-state index < -0.39 is 5.63 Å². The van der Waals surface area contributed by atoms with Crippen LogP contribution < -0.4 is 5.63 Å². The number of halogens is 1. The van der Waals surface area contributed by atoms with Crippen molar-refractivity contribution in [2.24, 2.45) is 0 Å². The summed E-state index contributed by atoms with van der Waals surface area (Å²) in [6.07, 6.45) is 0. The Morgan fingerprint density at radius 2 is 2.14 bits per heavy atom. The molecule has 0 amide bonds. The van der Waals surface area contributed by atoms with Crippen LogP contribution in [0.25, 0.3) is 11.0 Å². The molecule has 1 N–H and O–H groups in total. The molecule has 0 unspecified atom stereocenters. The van der Waals surface area contributed by atoms with Gasteiger partial charge in [-0.15, -0.1) is 0 Å². The van der Waals surface area contributed by atoms with Crippen LogP contribution in [0.1, 0.15) is 5.56 Å². The zero-order valence-electron chi connectivity index (χ0n) is 7.37. The van der Waals surface area contributed by atoms with Crippen molar-refractivity contribution in [3.05, 3.63) is 38.7 Å². The molecule has 72 valence electrons. The first-order chi connectivity index (χ1) is 6.59. The average molecular weight is 255 g/mol. The quantitative estimate of drug-likeness (QED) is 0.736. The molecule has 1 aromatic heterocycles. The van der Waals surface area contributed by atoms with Crippen molar-refractivity contribution in [1.82, 2.24) is 0 Å². The van der Waals surface area contributed by atoms with E-state index in [0.29, 0.717) is 15.6 Å². The Hall–Kier alpha value is -1.29. The van der Waals surface area contributed by atoms with Crippen molar-refractivity contribution in [2.75, 3.05) is 0 Å². The van der Waals surface area contributed by atoms with E-state index in [-0.39, 0.29) is 5.75 Å². The molecule has 0 aliphatic rings. The predicted molar refractivity (Wildman–Crippen MR) is 56.6 cm³/mol. The second kappa shape index (κ2) is 3.13. The smallest absolute Gasteiger partial charge is 0.350 e. The molecule has 0 fully saturated rings. The number of phenolic OH excluding ortho intramolecular Hbond substituents is 1. The average Bonchev–Trinajstić information content (AvgIpc) is 2.15. The number of rotatable bonds is 0. The maximum atomic E-state index is 11.2. The highest BCUT2D eigenvalue weighted by Gasteiger charge is 2.07. The van der Waals surface area contributed by atoms with Crippen molar-refractivity contribution in [3.63, 3.8) is 0 Å². The number of aromatic hydroxyl groups is 1. The Bertz CT molecular complexity index is 557. The molecular formula is C10H7BrO3. The van der Waals surface area contributed by atoms with Crippen LogP contribution in [0.2, 0.25) is 0 Å². The Morgan fingerprint density at radius 1 is 1.43 bits per heavy atom. The van der Waals surface area contributed by atoms with Crippen LogP contribution in [0.15, 0.2) is 31.9 Å². The molecule has 0 saturated carbocycles. The monoisotopic (exact) mass is 254 g/mol. The first kappa shape index (κ1) is 9.27. The Morgan fingerprint density at radius 3 is 2.86 bits per heavy atom.